The van der Waals surface area contributed by atoms with Gasteiger partial charge in [0, 0.05) is 47.1 Å². The number of ether oxygens (including phenoxy) is 3. The molecule has 7 nitrogen and oxygen atoms in total. The molecule has 0 saturated heterocycles. The molecule has 0 saturated carbocycles. The third-order valence-corrected chi connectivity index (χ3v) is 5.19. The summed E-state index contributed by atoms with van der Waals surface area (Å²) in [5, 5.41) is 3.79. The van der Waals surface area contributed by atoms with E-state index in [1.54, 1.807) is 51.0 Å². The van der Waals surface area contributed by atoms with E-state index < -0.39 is 0 Å². The minimum atomic E-state index is -0.198. The molecule has 0 bridgehead atoms. The van der Waals surface area contributed by atoms with E-state index in [0.29, 0.717) is 29.4 Å². The summed E-state index contributed by atoms with van der Waals surface area (Å²) >= 11 is 0. The standard InChI is InChI=1S/C25H23N3O4/c1-16-19(25(29)28-14-17-9-11-26-15-24(17)31-3)5-4-6-22(16)32-23-10-12-27-21-13-18(30-2)7-8-20(21)23/h4-13,15H,14H2,1-3H3,(H,28,29). The highest BCUT2D eigenvalue weighted by molar-refractivity contribution is 5.96. The first-order chi connectivity index (χ1) is 15.6. The Labute approximate surface area is 186 Å². The Hall–Kier alpha value is -4.13. The number of rotatable bonds is 7. The molecule has 0 aliphatic heterocycles. The predicted octanol–water partition coefficient (Wildman–Crippen LogP) is 4.68. The van der Waals surface area contributed by atoms with Crippen LogP contribution in [0.5, 0.6) is 23.0 Å². The predicted molar refractivity (Wildman–Crippen MR) is 122 cm³/mol. The van der Waals surface area contributed by atoms with Crippen LogP contribution in [0.3, 0.4) is 0 Å². The molecule has 0 aliphatic rings. The van der Waals surface area contributed by atoms with Crippen molar-refractivity contribution in [1.82, 2.24) is 15.3 Å². The summed E-state index contributed by atoms with van der Waals surface area (Å²) in [5.41, 5.74) is 2.89. The Morgan fingerprint density at radius 3 is 2.66 bits per heavy atom. The minimum Gasteiger partial charge on any atom is -0.497 e. The van der Waals surface area contributed by atoms with Gasteiger partial charge in [-0.2, -0.15) is 0 Å². The van der Waals surface area contributed by atoms with Crippen LogP contribution in [0.2, 0.25) is 0 Å². The number of hydrogen-bond acceptors (Lipinski definition) is 6. The fourth-order valence-electron chi connectivity index (χ4n) is 3.42. The van der Waals surface area contributed by atoms with Gasteiger partial charge in [-0.1, -0.05) is 6.07 Å². The number of carbonyl (C=O) groups is 1. The van der Waals surface area contributed by atoms with Crippen molar-refractivity contribution >= 4 is 16.8 Å². The van der Waals surface area contributed by atoms with Crippen LogP contribution >= 0.6 is 0 Å². The Kier molecular flexibility index (Phi) is 6.17. The van der Waals surface area contributed by atoms with Gasteiger partial charge < -0.3 is 19.5 Å². The summed E-state index contributed by atoms with van der Waals surface area (Å²) in [7, 11) is 3.19. The van der Waals surface area contributed by atoms with E-state index in [9.17, 15) is 4.79 Å². The zero-order valence-corrected chi connectivity index (χ0v) is 18.1. The van der Waals surface area contributed by atoms with Crippen LogP contribution in [0.25, 0.3) is 10.9 Å². The van der Waals surface area contributed by atoms with Crippen LogP contribution in [0.4, 0.5) is 0 Å². The Balaban J connectivity index is 1.56. The van der Waals surface area contributed by atoms with E-state index in [-0.39, 0.29) is 5.91 Å². The van der Waals surface area contributed by atoms with Gasteiger partial charge in [-0.05, 0) is 43.3 Å². The average Bonchev–Trinajstić information content (AvgIpc) is 2.83. The van der Waals surface area contributed by atoms with Gasteiger partial charge >= 0.3 is 0 Å². The molecule has 0 fully saturated rings. The largest absolute Gasteiger partial charge is 0.497 e. The maximum Gasteiger partial charge on any atom is 0.251 e. The maximum atomic E-state index is 12.9. The van der Waals surface area contributed by atoms with E-state index in [2.05, 4.69) is 15.3 Å². The van der Waals surface area contributed by atoms with Gasteiger partial charge in [-0.3, -0.25) is 14.8 Å². The molecule has 2 heterocycles. The van der Waals surface area contributed by atoms with Crippen molar-refractivity contribution < 1.29 is 19.0 Å². The number of nitrogens with one attached hydrogen (secondary N) is 1. The van der Waals surface area contributed by atoms with Gasteiger partial charge in [0.05, 0.1) is 25.9 Å². The van der Waals surface area contributed by atoms with Crippen molar-refractivity contribution in [1.29, 1.82) is 0 Å². The zero-order valence-electron chi connectivity index (χ0n) is 18.1. The quantitative estimate of drug-likeness (QED) is 0.459. The fourth-order valence-corrected chi connectivity index (χ4v) is 3.42. The highest BCUT2D eigenvalue weighted by Gasteiger charge is 2.15. The number of hydrogen-bond donors (Lipinski definition) is 1. The molecule has 162 valence electrons. The normalized spacial score (nSPS) is 10.6. The number of nitrogens with zero attached hydrogens (tertiary/aromatic N) is 2. The smallest absolute Gasteiger partial charge is 0.251 e. The summed E-state index contributed by atoms with van der Waals surface area (Å²) in [6.45, 7) is 2.19. The second kappa shape index (κ2) is 9.34. The van der Waals surface area contributed by atoms with Crippen LogP contribution in [-0.2, 0) is 6.54 Å². The second-order valence-electron chi connectivity index (χ2n) is 7.09. The van der Waals surface area contributed by atoms with Crippen molar-refractivity contribution in [3.05, 3.63) is 83.8 Å². The molecule has 0 unspecified atom stereocenters. The Morgan fingerprint density at radius 2 is 1.84 bits per heavy atom. The molecule has 2 aromatic carbocycles. The lowest BCUT2D eigenvalue weighted by molar-refractivity contribution is 0.0949. The van der Waals surface area contributed by atoms with Crippen molar-refractivity contribution in [2.45, 2.75) is 13.5 Å². The van der Waals surface area contributed by atoms with Gasteiger partial charge in [0.25, 0.3) is 5.91 Å². The number of benzene rings is 2. The number of aromatic nitrogens is 2. The molecule has 2 aromatic heterocycles. The van der Waals surface area contributed by atoms with Crippen LogP contribution in [0.1, 0.15) is 21.5 Å². The summed E-state index contributed by atoms with van der Waals surface area (Å²) in [4.78, 5) is 21.3. The van der Waals surface area contributed by atoms with Crippen molar-refractivity contribution in [2.75, 3.05) is 14.2 Å². The number of carbonyl (C=O) groups excluding carboxylic acids is 1. The summed E-state index contributed by atoms with van der Waals surface area (Å²) < 4.78 is 16.8. The maximum absolute atomic E-state index is 12.9. The van der Waals surface area contributed by atoms with Crippen molar-refractivity contribution in [3.8, 4) is 23.0 Å². The molecule has 32 heavy (non-hydrogen) atoms. The average molecular weight is 429 g/mol. The molecule has 0 aliphatic carbocycles. The summed E-state index contributed by atoms with van der Waals surface area (Å²) in [5.74, 6) is 2.41. The van der Waals surface area contributed by atoms with Gasteiger partial charge in [-0.25, -0.2) is 0 Å². The third kappa shape index (κ3) is 4.32. The van der Waals surface area contributed by atoms with Crippen molar-refractivity contribution in [3.63, 3.8) is 0 Å². The van der Waals surface area contributed by atoms with Gasteiger partial charge in [0.2, 0.25) is 0 Å². The monoisotopic (exact) mass is 429 g/mol. The van der Waals surface area contributed by atoms with Crippen LogP contribution < -0.4 is 19.5 Å². The minimum absolute atomic E-state index is 0.198. The van der Waals surface area contributed by atoms with Gasteiger partial charge in [0.15, 0.2) is 0 Å². The lowest BCUT2D eigenvalue weighted by Gasteiger charge is -2.14. The molecule has 0 atom stereocenters. The first kappa shape index (κ1) is 21.1. The molecule has 1 N–H and O–H groups in total. The van der Waals surface area contributed by atoms with Gasteiger partial charge in [0.1, 0.15) is 23.0 Å². The lowest BCUT2D eigenvalue weighted by atomic mass is 10.1. The Morgan fingerprint density at radius 1 is 0.969 bits per heavy atom. The molecule has 0 spiro atoms. The van der Waals surface area contributed by atoms with Crippen LogP contribution in [0.15, 0.2) is 67.1 Å². The first-order valence-corrected chi connectivity index (χ1v) is 10.1. The molecular weight excluding hydrogens is 406 g/mol. The van der Waals surface area contributed by atoms with E-state index >= 15 is 0 Å². The van der Waals surface area contributed by atoms with Gasteiger partial charge in [-0.15, -0.1) is 0 Å². The second-order valence-corrected chi connectivity index (χ2v) is 7.09. The topological polar surface area (TPSA) is 82.6 Å². The van der Waals surface area contributed by atoms with E-state index in [1.807, 2.05) is 37.3 Å². The fraction of sp³-hybridized carbons (Fsp3) is 0.160. The van der Waals surface area contributed by atoms with Crippen LogP contribution in [0, 0.1) is 6.92 Å². The first-order valence-electron chi connectivity index (χ1n) is 10.1. The van der Waals surface area contributed by atoms with E-state index in [0.717, 1.165) is 27.8 Å². The lowest BCUT2D eigenvalue weighted by Crippen LogP contribution is -2.24. The number of amides is 1. The number of fused-ring (bicyclic) bond motifs is 1. The number of pyridine rings is 2. The zero-order chi connectivity index (χ0) is 22.5. The highest BCUT2D eigenvalue weighted by atomic mass is 16.5. The SMILES string of the molecule is COc1ccc2c(Oc3cccc(C(=O)NCc4ccncc4OC)c3C)ccnc2c1. The van der Waals surface area contributed by atoms with E-state index in [4.69, 9.17) is 14.2 Å². The molecule has 0 radical (unpaired) electrons. The third-order valence-electron chi connectivity index (χ3n) is 5.19. The van der Waals surface area contributed by atoms with Crippen LogP contribution in [-0.4, -0.2) is 30.1 Å². The molecule has 4 aromatic rings. The molecule has 4 rings (SSSR count). The summed E-state index contributed by atoms with van der Waals surface area (Å²) in [6.07, 6.45) is 4.97. The molecule has 7 heteroatoms. The molecular formula is C25H23N3O4. The van der Waals surface area contributed by atoms with Crippen molar-refractivity contribution in [2.24, 2.45) is 0 Å². The Bertz CT molecular complexity index is 1270. The number of methoxy groups -OCH3 is 2. The summed E-state index contributed by atoms with van der Waals surface area (Å²) in [6, 6.07) is 14.7. The molecule has 1 amide bonds. The van der Waals surface area contributed by atoms with E-state index in [1.165, 1.54) is 0 Å². The highest BCUT2D eigenvalue weighted by Crippen LogP contribution is 2.33.